The minimum Gasteiger partial charge on any atom is -0.462 e. The lowest BCUT2D eigenvalue weighted by Gasteiger charge is -2.28. The molecule has 8 nitrogen and oxygen atoms in total. The highest BCUT2D eigenvalue weighted by atomic mass is 16.5. The second-order valence-corrected chi connectivity index (χ2v) is 8.61. The van der Waals surface area contributed by atoms with E-state index in [2.05, 4.69) is 5.32 Å². The molecule has 1 fully saturated rings. The van der Waals surface area contributed by atoms with Crippen molar-refractivity contribution in [2.24, 2.45) is 0 Å². The zero-order valence-corrected chi connectivity index (χ0v) is 20.8. The first kappa shape index (κ1) is 24.7. The van der Waals surface area contributed by atoms with Crippen molar-refractivity contribution in [3.63, 3.8) is 0 Å². The third kappa shape index (κ3) is 4.33. The molecular formula is C28H27N3O5. The Hall–Kier alpha value is -4.46. The Morgan fingerprint density at radius 2 is 1.72 bits per heavy atom. The second-order valence-electron chi connectivity index (χ2n) is 8.61. The van der Waals surface area contributed by atoms with E-state index in [0.29, 0.717) is 16.8 Å². The molecule has 2 aromatic carbocycles. The number of benzene rings is 2. The Morgan fingerprint density at radius 1 is 1.00 bits per heavy atom. The molecule has 0 unspecified atom stereocenters. The van der Waals surface area contributed by atoms with E-state index in [1.54, 1.807) is 37.3 Å². The number of rotatable bonds is 5. The van der Waals surface area contributed by atoms with E-state index in [4.69, 9.17) is 4.74 Å². The summed E-state index contributed by atoms with van der Waals surface area (Å²) in [6.45, 7) is 9.48. The van der Waals surface area contributed by atoms with Crippen molar-refractivity contribution in [1.82, 2.24) is 9.88 Å². The van der Waals surface area contributed by atoms with Crippen LogP contribution in [0.15, 0.2) is 54.1 Å². The molecule has 1 N–H and O–H groups in total. The van der Waals surface area contributed by atoms with Crippen LogP contribution >= 0.6 is 0 Å². The lowest BCUT2D eigenvalue weighted by molar-refractivity contribution is -0.122. The van der Waals surface area contributed by atoms with E-state index in [-0.39, 0.29) is 12.2 Å². The minimum atomic E-state index is -0.780. The Bertz CT molecular complexity index is 1450. The van der Waals surface area contributed by atoms with Crippen LogP contribution in [0.3, 0.4) is 0 Å². The van der Waals surface area contributed by atoms with Gasteiger partial charge >= 0.3 is 12.0 Å². The fourth-order valence-corrected chi connectivity index (χ4v) is 4.33. The number of carbonyl (C=O) groups is 4. The first-order valence-corrected chi connectivity index (χ1v) is 11.6. The molecular weight excluding hydrogens is 458 g/mol. The summed E-state index contributed by atoms with van der Waals surface area (Å²) in [4.78, 5) is 51.9. The summed E-state index contributed by atoms with van der Waals surface area (Å²) in [7, 11) is 0. The number of hydrogen-bond acceptors (Lipinski definition) is 5. The van der Waals surface area contributed by atoms with Gasteiger partial charge in [-0.2, -0.15) is 0 Å². The van der Waals surface area contributed by atoms with Crippen LogP contribution in [0.4, 0.5) is 10.5 Å². The van der Waals surface area contributed by atoms with Gasteiger partial charge < -0.3 is 9.30 Å². The second kappa shape index (κ2) is 9.65. The van der Waals surface area contributed by atoms with E-state index < -0.39 is 23.8 Å². The molecule has 0 bridgehead atoms. The maximum atomic E-state index is 13.4. The average Bonchev–Trinajstić information content (AvgIpc) is 3.12. The Morgan fingerprint density at radius 3 is 2.44 bits per heavy atom. The summed E-state index contributed by atoms with van der Waals surface area (Å²) in [5, 5.41) is 2.28. The average molecular weight is 486 g/mol. The van der Waals surface area contributed by atoms with Crippen molar-refractivity contribution in [2.45, 2.75) is 34.6 Å². The number of carbonyl (C=O) groups excluding carboxylic acids is 4. The van der Waals surface area contributed by atoms with Crippen LogP contribution in [0.1, 0.15) is 45.4 Å². The topological polar surface area (TPSA) is 97.7 Å². The molecule has 2 heterocycles. The Labute approximate surface area is 209 Å². The van der Waals surface area contributed by atoms with Crippen LogP contribution in [0.5, 0.6) is 0 Å². The molecule has 4 amide bonds. The van der Waals surface area contributed by atoms with Gasteiger partial charge in [0.25, 0.3) is 11.8 Å². The smallest absolute Gasteiger partial charge is 0.338 e. The summed E-state index contributed by atoms with van der Waals surface area (Å²) < 4.78 is 7.03. The summed E-state index contributed by atoms with van der Waals surface area (Å²) in [5.41, 5.74) is 5.39. The van der Waals surface area contributed by atoms with Gasteiger partial charge in [-0.1, -0.05) is 18.2 Å². The van der Waals surface area contributed by atoms with E-state index in [1.807, 2.05) is 50.5 Å². The maximum absolute atomic E-state index is 13.4. The number of nitrogens with zero attached hydrogens (tertiary/aromatic N) is 2. The van der Waals surface area contributed by atoms with Crippen LogP contribution in [0.25, 0.3) is 11.8 Å². The van der Waals surface area contributed by atoms with Gasteiger partial charge in [0.15, 0.2) is 0 Å². The molecule has 4 rings (SSSR count). The fourth-order valence-electron chi connectivity index (χ4n) is 4.33. The summed E-state index contributed by atoms with van der Waals surface area (Å²) in [5.74, 6) is -1.85. The Kier molecular flexibility index (Phi) is 6.61. The summed E-state index contributed by atoms with van der Waals surface area (Å²) >= 11 is 0. The number of aryl methyl sites for hydroxylation is 2. The number of nitrogens with one attached hydrogen (secondary N) is 1. The normalized spacial score (nSPS) is 14.9. The standard InChI is InChI=1S/C28H27N3O5/c1-6-36-27(34)20-10-8-11-22(14-20)30-17(3)13-21(19(30)5)15-23-25(32)29-28(35)31(26(23)33)24-12-7-9-16(2)18(24)4/h7-15H,6H2,1-5H3,(H,29,32,35)/b23-15+. The lowest BCUT2D eigenvalue weighted by atomic mass is 10.0. The number of aromatic nitrogens is 1. The minimum absolute atomic E-state index is 0.143. The van der Waals surface area contributed by atoms with Crippen LogP contribution in [-0.2, 0) is 14.3 Å². The largest absolute Gasteiger partial charge is 0.462 e. The number of ether oxygens (including phenoxy) is 1. The van der Waals surface area contributed by atoms with Gasteiger partial charge in [-0.25, -0.2) is 14.5 Å². The number of anilines is 1. The molecule has 3 aromatic rings. The molecule has 8 heteroatoms. The van der Waals surface area contributed by atoms with Gasteiger partial charge in [-0.3, -0.25) is 14.9 Å². The highest BCUT2D eigenvalue weighted by Crippen LogP contribution is 2.29. The van der Waals surface area contributed by atoms with E-state index in [0.717, 1.165) is 33.1 Å². The zero-order chi connectivity index (χ0) is 26.1. The molecule has 1 saturated heterocycles. The number of urea groups is 1. The molecule has 0 atom stereocenters. The van der Waals surface area contributed by atoms with Gasteiger partial charge in [0, 0.05) is 17.1 Å². The van der Waals surface area contributed by atoms with Gasteiger partial charge in [0.2, 0.25) is 0 Å². The molecule has 0 radical (unpaired) electrons. The van der Waals surface area contributed by atoms with Crippen LogP contribution in [-0.4, -0.2) is 35.0 Å². The van der Waals surface area contributed by atoms with E-state index in [1.165, 1.54) is 6.08 Å². The predicted octanol–water partition coefficient (Wildman–Crippen LogP) is 4.55. The number of hydrogen-bond donors (Lipinski definition) is 1. The molecule has 0 saturated carbocycles. The third-order valence-electron chi connectivity index (χ3n) is 6.30. The van der Waals surface area contributed by atoms with Gasteiger partial charge in [-0.15, -0.1) is 0 Å². The summed E-state index contributed by atoms with van der Waals surface area (Å²) in [6, 6.07) is 13.4. The molecule has 1 aliphatic heterocycles. The lowest BCUT2D eigenvalue weighted by Crippen LogP contribution is -2.54. The quantitative estimate of drug-likeness (QED) is 0.325. The van der Waals surface area contributed by atoms with E-state index >= 15 is 0 Å². The highest BCUT2D eigenvalue weighted by molar-refractivity contribution is 6.39. The third-order valence-corrected chi connectivity index (χ3v) is 6.30. The van der Waals surface area contributed by atoms with Crippen molar-refractivity contribution in [2.75, 3.05) is 11.5 Å². The van der Waals surface area contributed by atoms with Crippen molar-refractivity contribution < 1.29 is 23.9 Å². The van der Waals surface area contributed by atoms with Gasteiger partial charge in [0.1, 0.15) is 5.57 Å². The monoisotopic (exact) mass is 485 g/mol. The highest BCUT2D eigenvalue weighted by Gasteiger charge is 2.37. The first-order chi connectivity index (χ1) is 17.1. The summed E-state index contributed by atoms with van der Waals surface area (Å²) in [6.07, 6.45) is 1.50. The Balaban J connectivity index is 1.75. The van der Waals surface area contributed by atoms with Crippen molar-refractivity contribution in [3.8, 4) is 5.69 Å². The molecule has 184 valence electrons. The van der Waals surface area contributed by atoms with Gasteiger partial charge in [-0.05, 0) is 87.7 Å². The SMILES string of the molecule is CCOC(=O)c1cccc(-n2c(C)cc(/C=C3\C(=O)NC(=O)N(c4cccc(C)c4C)C3=O)c2C)c1. The molecule has 0 aliphatic carbocycles. The number of imide groups is 2. The number of esters is 1. The fraction of sp³-hybridized carbons (Fsp3) is 0.214. The number of barbiturate groups is 1. The van der Waals surface area contributed by atoms with Crippen molar-refractivity contribution in [3.05, 3.63) is 87.7 Å². The van der Waals surface area contributed by atoms with Crippen LogP contribution in [0.2, 0.25) is 0 Å². The van der Waals surface area contributed by atoms with Crippen molar-refractivity contribution in [1.29, 1.82) is 0 Å². The first-order valence-electron chi connectivity index (χ1n) is 11.6. The van der Waals surface area contributed by atoms with Crippen LogP contribution < -0.4 is 10.2 Å². The van der Waals surface area contributed by atoms with Crippen LogP contribution in [0, 0.1) is 27.7 Å². The predicted molar refractivity (Wildman–Crippen MR) is 136 cm³/mol. The maximum Gasteiger partial charge on any atom is 0.338 e. The molecule has 1 aromatic heterocycles. The molecule has 1 aliphatic rings. The molecule has 36 heavy (non-hydrogen) atoms. The number of amides is 4. The molecule has 0 spiro atoms. The zero-order valence-electron chi connectivity index (χ0n) is 20.8. The van der Waals surface area contributed by atoms with Crippen molar-refractivity contribution >= 4 is 35.6 Å². The van der Waals surface area contributed by atoms with E-state index in [9.17, 15) is 19.2 Å². The van der Waals surface area contributed by atoms with Gasteiger partial charge in [0.05, 0.1) is 17.9 Å².